The van der Waals surface area contributed by atoms with Gasteiger partial charge in [-0.15, -0.1) is 0 Å². The number of hydrogen-bond acceptors (Lipinski definition) is 5. The minimum absolute atomic E-state index is 0.136. The summed E-state index contributed by atoms with van der Waals surface area (Å²) in [5.74, 6) is -0.553. The van der Waals surface area contributed by atoms with Crippen LogP contribution in [0.3, 0.4) is 0 Å². The highest BCUT2D eigenvalue weighted by Gasteiger charge is 2.24. The molecule has 2 rings (SSSR count). The standard InChI is InChI=1S/C14H9ClN4O4/c15-10-5-12(13(20)6-11(10)19(22)23)18(14(17)21)9-3-1-2-8(4-9)7-16/h1-6,20H,(H2,17,21). The molecule has 9 heteroatoms. The van der Waals surface area contributed by atoms with Gasteiger partial charge in [0.2, 0.25) is 0 Å². The number of amides is 2. The van der Waals surface area contributed by atoms with Crippen molar-refractivity contribution in [3.63, 3.8) is 0 Å². The van der Waals surface area contributed by atoms with Crippen molar-refractivity contribution in [3.05, 3.63) is 57.1 Å². The van der Waals surface area contributed by atoms with Crippen LogP contribution in [0, 0.1) is 21.4 Å². The minimum atomic E-state index is -0.958. The van der Waals surface area contributed by atoms with E-state index in [4.69, 9.17) is 22.6 Å². The first-order valence-corrected chi connectivity index (χ1v) is 6.49. The number of rotatable bonds is 3. The summed E-state index contributed by atoms with van der Waals surface area (Å²) in [4.78, 5) is 22.7. The maximum atomic E-state index is 11.8. The van der Waals surface area contributed by atoms with Gasteiger partial charge in [0.25, 0.3) is 5.69 Å². The Hall–Kier alpha value is -3.31. The van der Waals surface area contributed by atoms with Crippen molar-refractivity contribution in [1.82, 2.24) is 0 Å². The van der Waals surface area contributed by atoms with Crippen molar-refractivity contribution in [2.75, 3.05) is 4.90 Å². The van der Waals surface area contributed by atoms with Crippen LogP contribution in [-0.4, -0.2) is 16.1 Å². The number of nitro groups is 1. The first-order chi connectivity index (χ1) is 10.8. The molecule has 0 fully saturated rings. The Morgan fingerprint density at radius 3 is 2.65 bits per heavy atom. The van der Waals surface area contributed by atoms with Gasteiger partial charge >= 0.3 is 6.03 Å². The smallest absolute Gasteiger partial charge is 0.324 e. The Kier molecular flexibility index (Phi) is 4.34. The first kappa shape index (κ1) is 16.1. The van der Waals surface area contributed by atoms with E-state index in [9.17, 15) is 20.0 Å². The third kappa shape index (κ3) is 3.14. The number of carbonyl (C=O) groups excluding carboxylic acids is 1. The number of hydrogen-bond donors (Lipinski definition) is 2. The highest BCUT2D eigenvalue weighted by atomic mass is 35.5. The Labute approximate surface area is 135 Å². The van der Waals surface area contributed by atoms with Crippen LogP contribution in [0.15, 0.2) is 36.4 Å². The van der Waals surface area contributed by atoms with Crippen molar-refractivity contribution < 1.29 is 14.8 Å². The zero-order valence-corrected chi connectivity index (χ0v) is 12.2. The van der Waals surface area contributed by atoms with Crippen LogP contribution in [0.25, 0.3) is 0 Å². The lowest BCUT2D eigenvalue weighted by atomic mass is 10.1. The molecule has 0 aromatic heterocycles. The van der Waals surface area contributed by atoms with Gasteiger partial charge in [-0.25, -0.2) is 4.79 Å². The van der Waals surface area contributed by atoms with Gasteiger partial charge in [0.15, 0.2) is 0 Å². The second-order valence-electron chi connectivity index (χ2n) is 4.39. The monoisotopic (exact) mass is 332 g/mol. The minimum Gasteiger partial charge on any atom is -0.505 e. The quantitative estimate of drug-likeness (QED) is 0.658. The van der Waals surface area contributed by atoms with Gasteiger partial charge in [0, 0.05) is 0 Å². The summed E-state index contributed by atoms with van der Waals surface area (Å²) in [5.41, 5.74) is 5.15. The van der Waals surface area contributed by atoms with Crippen molar-refractivity contribution in [2.24, 2.45) is 5.73 Å². The summed E-state index contributed by atoms with van der Waals surface area (Å²) >= 11 is 5.81. The first-order valence-electron chi connectivity index (χ1n) is 6.11. The molecule has 0 atom stereocenters. The predicted octanol–water partition coefficient (Wildman–Crippen LogP) is 3.04. The van der Waals surface area contributed by atoms with Gasteiger partial charge in [-0.3, -0.25) is 15.0 Å². The number of aromatic hydroxyl groups is 1. The third-order valence-electron chi connectivity index (χ3n) is 2.94. The van der Waals surface area contributed by atoms with Gasteiger partial charge in [0.05, 0.1) is 34.0 Å². The second-order valence-corrected chi connectivity index (χ2v) is 4.79. The lowest BCUT2D eigenvalue weighted by molar-refractivity contribution is -0.384. The van der Waals surface area contributed by atoms with Crippen LogP contribution in [0.2, 0.25) is 5.02 Å². The molecular formula is C14H9ClN4O4. The summed E-state index contributed by atoms with van der Waals surface area (Å²) in [7, 11) is 0. The molecule has 3 N–H and O–H groups in total. The molecule has 2 aromatic carbocycles. The molecule has 0 unspecified atom stereocenters. The lowest BCUT2D eigenvalue weighted by Crippen LogP contribution is -2.31. The Morgan fingerprint density at radius 1 is 1.39 bits per heavy atom. The summed E-state index contributed by atoms with van der Waals surface area (Å²) in [6.07, 6.45) is 0. The average Bonchev–Trinajstić information content (AvgIpc) is 2.50. The normalized spacial score (nSPS) is 9.91. The molecule has 2 amide bonds. The number of phenolic OH excluding ortho intramolecular Hbond substituents is 1. The molecule has 0 radical (unpaired) electrons. The predicted molar refractivity (Wildman–Crippen MR) is 82.7 cm³/mol. The van der Waals surface area contributed by atoms with E-state index >= 15 is 0 Å². The molecule has 0 saturated carbocycles. The van der Waals surface area contributed by atoms with Crippen LogP contribution < -0.4 is 10.6 Å². The van der Waals surface area contributed by atoms with Crippen LogP contribution in [0.5, 0.6) is 5.75 Å². The van der Waals surface area contributed by atoms with E-state index in [0.717, 1.165) is 17.0 Å². The van der Waals surface area contributed by atoms with Crippen LogP contribution in [0.4, 0.5) is 21.9 Å². The third-order valence-corrected chi connectivity index (χ3v) is 3.24. The molecule has 0 aliphatic rings. The molecule has 2 aromatic rings. The number of benzene rings is 2. The molecule has 0 aliphatic carbocycles. The molecule has 0 spiro atoms. The number of halogens is 1. The molecule has 116 valence electrons. The number of primary amides is 1. The van der Waals surface area contributed by atoms with Crippen molar-refractivity contribution in [1.29, 1.82) is 5.26 Å². The van der Waals surface area contributed by atoms with E-state index in [1.165, 1.54) is 24.3 Å². The fourth-order valence-corrected chi connectivity index (χ4v) is 2.19. The fourth-order valence-electron chi connectivity index (χ4n) is 1.96. The fraction of sp³-hybridized carbons (Fsp3) is 0. The largest absolute Gasteiger partial charge is 0.505 e. The lowest BCUT2D eigenvalue weighted by Gasteiger charge is -2.21. The van der Waals surface area contributed by atoms with Gasteiger partial charge in [-0.05, 0) is 24.3 Å². The molecule has 0 aliphatic heterocycles. The highest BCUT2D eigenvalue weighted by Crippen LogP contribution is 2.40. The number of nitrogens with two attached hydrogens (primary N) is 1. The van der Waals surface area contributed by atoms with Gasteiger partial charge in [0.1, 0.15) is 10.8 Å². The summed E-state index contributed by atoms with van der Waals surface area (Å²) in [6, 6.07) is 8.73. The number of carbonyl (C=O) groups is 1. The molecule has 8 nitrogen and oxygen atoms in total. The zero-order valence-electron chi connectivity index (χ0n) is 11.4. The maximum absolute atomic E-state index is 11.8. The molecule has 23 heavy (non-hydrogen) atoms. The topological polar surface area (TPSA) is 133 Å². The second kappa shape index (κ2) is 6.21. The number of phenols is 1. The maximum Gasteiger partial charge on any atom is 0.324 e. The van der Waals surface area contributed by atoms with E-state index in [2.05, 4.69) is 0 Å². The molecule has 0 saturated heterocycles. The number of nitriles is 1. The highest BCUT2D eigenvalue weighted by molar-refractivity contribution is 6.33. The zero-order chi connectivity index (χ0) is 17.1. The van der Waals surface area contributed by atoms with Gasteiger partial charge in [-0.2, -0.15) is 5.26 Å². The average molecular weight is 333 g/mol. The molecular weight excluding hydrogens is 324 g/mol. The van der Waals surface area contributed by atoms with E-state index in [1.807, 2.05) is 6.07 Å². The van der Waals surface area contributed by atoms with Gasteiger partial charge in [-0.1, -0.05) is 17.7 Å². The van der Waals surface area contributed by atoms with Crippen LogP contribution in [-0.2, 0) is 0 Å². The Balaban J connectivity index is 2.63. The van der Waals surface area contributed by atoms with Crippen molar-refractivity contribution >= 4 is 34.7 Å². The molecule has 0 heterocycles. The Bertz CT molecular complexity index is 847. The van der Waals surface area contributed by atoms with Crippen LogP contribution >= 0.6 is 11.6 Å². The summed E-state index contributed by atoms with van der Waals surface area (Å²) < 4.78 is 0. The van der Waals surface area contributed by atoms with E-state index in [-0.39, 0.29) is 22.0 Å². The SMILES string of the molecule is N#Cc1cccc(N(C(N)=O)c2cc(Cl)c([N+](=O)[O-])cc2O)c1. The Morgan fingerprint density at radius 2 is 2.09 bits per heavy atom. The number of urea groups is 1. The number of nitrogens with zero attached hydrogens (tertiary/aromatic N) is 3. The van der Waals surface area contributed by atoms with E-state index < -0.39 is 22.4 Å². The van der Waals surface area contributed by atoms with E-state index in [0.29, 0.717) is 0 Å². The number of anilines is 2. The van der Waals surface area contributed by atoms with Gasteiger partial charge < -0.3 is 10.8 Å². The number of nitro benzene ring substituents is 1. The van der Waals surface area contributed by atoms with E-state index in [1.54, 1.807) is 0 Å². The van der Waals surface area contributed by atoms with Crippen molar-refractivity contribution in [2.45, 2.75) is 0 Å². The molecule has 0 bridgehead atoms. The van der Waals surface area contributed by atoms with Crippen LogP contribution in [0.1, 0.15) is 5.56 Å². The summed E-state index contributed by atoms with van der Waals surface area (Å²) in [6.45, 7) is 0. The summed E-state index contributed by atoms with van der Waals surface area (Å²) in [5, 5.41) is 29.5. The van der Waals surface area contributed by atoms with Crippen molar-refractivity contribution in [3.8, 4) is 11.8 Å².